The normalized spacial score (nSPS) is 10.6. The van der Waals surface area contributed by atoms with Gasteiger partial charge in [0.1, 0.15) is 11.6 Å². The highest BCUT2D eigenvalue weighted by molar-refractivity contribution is 5.95. The number of nitrogens with one attached hydrogen (secondary N) is 1. The Kier molecular flexibility index (Phi) is 7.94. The van der Waals surface area contributed by atoms with E-state index in [0.717, 1.165) is 12.1 Å². The summed E-state index contributed by atoms with van der Waals surface area (Å²) in [6.07, 6.45) is 0. The zero-order chi connectivity index (χ0) is 21.4. The minimum atomic E-state index is -0.928. The molecular formula is C21H23F2NO5. The fourth-order valence-electron chi connectivity index (χ4n) is 2.27. The van der Waals surface area contributed by atoms with Crippen molar-refractivity contribution in [3.8, 4) is 11.5 Å². The first kappa shape index (κ1) is 22.1. The summed E-state index contributed by atoms with van der Waals surface area (Å²) >= 11 is 0. The van der Waals surface area contributed by atoms with E-state index in [4.69, 9.17) is 14.2 Å². The van der Waals surface area contributed by atoms with Crippen molar-refractivity contribution in [1.82, 2.24) is 0 Å². The quantitative estimate of drug-likeness (QED) is 0.631. The van der Waals surface area contributed by atoms with Crippen LogP contribution in [0.5, 0.6) is 11.5 Å². The van der Waals surface area contributed by atoms with E-state index < -0.39 is 30.1 Å². The van der Waals surface area contributed by atoms with Gasteiger partial charge in [-0.1, -0.05) is 13.8 Å². The van der Waals surface area contributed by atoms with E-state index in [2.05, 4.69) is 5.32 Å². The highest BCUT2D eigenvalue weighted by atomic mass is 19.1. The van der Waals surface area contributed by atoms with Crippen molar-refractivity contribution in [2.75, 3.05) is 25.1 Å². The van der Waals surface area contributed by atoms with Gasteiger partial charge in [-0.05, 0) is 43.2 Å². The molecule has 0 saturated heterocycles. The lowest BCUT2D eigenvalue weighted by Crippen LogP contribution is -2.21. The molecule has 0 spiro atoms. The molecule has 8 heteroatoms. The number of ether oxygens (including phenoxy) is 3. The number of benzene rings is 2. The van der Waals surface area contributed by atoms with E-state index in [1.807, 2.05) is 13.8 Å². The molecule has 2 aromatic carbocycles. The highest BCUT2D eigenvalue weighted by Crippen LogP contribution is 2.29. The van der Waals surface area contributed by atoms with Gasteiger partial charge < -0.3 is 19.5 Å². The fraction of sp³-hybridized carbons (Fsp3) is 0.333. The van der Waals surface area contributed by atoms with E-state index in [-0.39, 0.29) is 11.3 Å². The van der Waals surface area contributed by atoms with Crippen LogP contribution in [0.2, 0.25) is 0 Å². The SMILES string of the molecule is CCOc1cc(C(=O)OCC(=O)Nc2ccc(F)cc2F)ccc1OCC(C)C. The second kappa shape index (κ2) is 10.4. The molecule has 0 aliphatic heterocycles. The third-order valence-electron chi connectivity index (χ3n) is 3.59. The monoisotopic (exact) mass is 407 g/mol. The number of anilines is 1. The van der Waals surface area contributed by atoms with Gasteiger partial charge in [0.2, 0.25) is 0 Å². The van der Waals surface area contributed by atoms with E-state index in [0.29, 0.717) is 36.7 Å². The zero-order valence-electron chi connectivity index (χ0n) is 16.5. The Morgan fingerprint density at radius 2 is 1.79 bits per heavy atom. The summed E-state index contributed by atoms with van der Waals surface area (Å²) in [4.78, 5) is 24.1. The topological polar surface area (TPSA) is 73.9 Å². The summed E-state index contributed by atoms with van der Waals surface area (Å²) in [5, 5.41) is 2.21. The average molecular weight is 407 g/mol. The van der Waals surface area contributed by atoms with Gasteiger partial charge in [-0.2, -0.15) is 0 Å². The predicted octanol–water partition coefficient (Wildman–Crippen LogP) is 4.19. The van der Waals surface area contributed by atoms with Gasteiger partial charge in [-0.3, -0.25) is 4.79 Å². The molecule has 0 saturated carbocycles. The lowest BCUT2D eigenvalue weighted by molar-refractivity contribution is -0.119. The standard InChI is InChI=1S/C21H23F2NO5/c1-4-27-19-9-14(5-8-18(19)28-11-13(2)3)21(26)29-12-20(25)24-17-7-6-15(22)10-16(17)23/h5-10,13H,4,11-12H2,1-3H3,(H,24,25). The summed E-state index contributed by atoms with van der Waals surface area (Å²) < 4.78 is 42.6. The first-order chi connectivity index (χ1) is 13.8. The molecule has 0 radical (unpaired) electrons. The number of halogens is 2. The van der Waals surface area contributed by atoms with Crippen molar-refractivity contribution in [3.05, 3.63) is 53.6 Å². The molecule has 1 amide bonds. The Bertz CT molecular complexity index is 870. The summed E-state index contributed by atoms with van der Waals surface area (Å²) in [5.41, 5.74) is -0.0381. The molecule has 156 valence electrons. The Balaban J connectivity index is 1.98. The van der Waals surface area contributed by atoms with Crippen molar-refractivity contribution >= 4 is 17.6 Å². The molecule has 6 nitrogen and oxygen atoms in total. The molecule has 1 N–H and O–H groups in total. The molecule has 2 rings (SSSR count). The third-order valence-corrected chi connectivity index (χ3v) is 3.59. The number of amides is 1. The highest BCUT2D eigenvalue weighted by Gasteiger charge is 2.15. The average Bonchev–Trinajstić information content (AvgIpc) is 2.67. The summed E-state index contributed by atoms with van der Waals surface area (Å²) in [6, 6.07) is 7.28. The smallest absolute Gasteiger partial charge is 0.338 e. The van der Waals surface area contributed by atoms with Crippen molar-refractivity contribution < 1.29 is 32.6 Å². The molecule has 0 unspecified atom stereocenters. The largest absolute Gasteiger partial charge is 0.490 e. The first-order valence-corrected chi connectivity index (χ1v) is 9.11. The van der Waals surface area contributed by atoms with Crippen LogP contribution in [0.25, 0.3) is 0 Å². The van der Waals surface area contributed by atoms with Gasteiger partial charge in [-0.15, -0.1) is 0 Å². The van der Waals surface area contributed by atoms with Crippen LogP contribution in [-0.2, 0) is 9.53 Å². The summed E-state index contributed by atoms with van der Waals surface area (Å²) in [7, 11) is 0. The minimum Gasteiger partial charge on any atom is -0.490 e. The minimum absolute atomic E-state index is 0.172. The summed E-state index contributed by atoms with van der Waals surface area (Å²) in [6.45, 7) is 6.05. The van der Waals surface area contributed by atoms with Crippen LogP contribution in [0, 0.1) is 17.6 Å². The van der Waals surface area contributed by atoms with Gasteiger partial charge in [0.15, 0.2) is 18.1 Å². The fourth-order valence-corrected chi connectivity index (χ4v) is 2.27. The molecule has 29 heavy (non-hydrogen) atoms. The van der Waals surface area contributed by atoms with E-state index >= 15 is 0 Å². The molecule has 0 atom stereocenters. The van der Waals surface area contributed by atoms with Crippen molar-refractivity contribution in [2.24, 2.45) is 5.92 Å². The van der Waals surface area contributed by atoms with Crippen LogP contribution in [0.1, 0.15) is 31.1 Å². The van der Waals surface area contributed by atoms with Gasteiger partial charge >= 0.3 is 5.97 Å². The molecule has 0 aromatic heterocycles. The van der Waals surface area contributed by atoms with Crippen LogP contribution in [0.4, 0.5) is 14.5 Å². The number of hydrogen-bond donors (Lipinski definition) is 1. The van der Waals surface area contributed by atoms with Crippen molar-refractivity contribution in [1.29, 1.82) is 0 Å². The lowest BCUT2D eigenvalue weighted by Gasteiger charge is -2.14. The molecule has 0 aliphatic rings. The maximum absolute atomic E-state index is 13.6. The Hall–Kier alpha value is -3.16. The summed E-state index contributed by atoms with van der Waals surface area (Å²) in [5.74, 6) is -2.00. The van der Waals surface area contributed by atoms with Gasteiger partial charge in [0, 0.05) is 6.07 Å². The van der Waals surface area contributed by atoms with E-state index in [1.165, 1.54) is 12.1 Å². The van der Waals surface area contributed by atoms with Crippen LogP contribution >= 0.6 is 0 Å². The molecule has 2 aromatic rings. The zero-order valence-corrected chi connectivity index (χ0v) is 16.5. The van der Waals surface area contributed by atoms with Crippen LogP contribution in [0.3, 0.4) is 0 Å². The number of esters is 1. The Morgan fingerprint density at radius 3 is 2.45 bits per heavy atom. The number of carbonyl (C=O) groups is 2. The Labute approximate surface area is 167 Å². The second-order valence-electron chi connectivity index (χ2n) is 6.55. The molecule has 0 aliphatic carbocycles. The van der Waals surface area contributed by atoms with Gasteiger partial charge in [-0.25, -0.2) is 13.6 Å². The maximum atomic E-state index is 13.6. The van der Waals surface area contributed by atoms with E-state index in [9.17, 15) is 18.4 Å². The molecule has 0 fully saturated rings. The van der Waals surface area contributed by atoms with Gasteiger partial charge in [0.25, 0.3) is 5.91 Å². The van der Waals surface area contributed by atoms with E-state index in [1.54, 1.807) is 13.0 Å². The van der Waals surface area contributed by atoms with Crippen LogP contribution in [0.15, 0.2) is 36.4 Å². The second-order valence-corrected chi connectivity index (χ2v) is 6.55. The number of carbonyl (C=O) groups excluding carboxylic acids is 2. The molecular weight excluding hydrogens is 384 g/mol. The molecule has 0 heterocycles. The van der Waals surface area contributed by atoms with Crippen molar-refractivity contribution in [3.63, 3.8) is 0 Å². The number of rotatable bonds is 9. The predicted molar refractivity (Wildman–Crippen MR) is 103 cm³/mol. The van der Waals surface area contributed by atoms with Crippen LogP contribution < -0.4 is 14.8 Å². The Morgan fingerprint density at radius 1 is 1.03 bits per heavy atom. The maximum Gasteiger partial charge on any atom is 0.338 e. The van der Waals surface area contributed by atoms with Gasteiger partial charge in [0.05, 0.1) is 24.5 Å². The van der Waals surface area contributed by atoms with Crippen LogP contribution in [-0.4, -0.2) is 31.7 Å². The van der Waals surface area contributed by atoms with Crippen molar-refractivity contribution in [2.45, 2.75) is 20.8 Å². The third kappa shape index (κ3) is 6.74. The number of hydrogen-bond acceptors (Lipinski definition) is 5. The lowest BCUT2D eigenvalue weighted by atomic mass is 10.2. The molecule has 0 bridgehead atoms. The first-order valence-electron chi connectivity index (χ1n) is 9.11.